The molecule has 115 valence electrons. The van der Waals surface area contributed by atoms with Gasteiger partial charge in [-0.2, -0.15) is 6.42 Å². The second-order valence-corrected chi connectivity index (χ2v) is 13.5. The Balaban J connectivity index is -0.000000392. The topological polar surface area (TPSA) is 0 Å². The molecule has 0 N–H and O–H groups in total. The standard InChI is InChI=1S/4C4H9.Cu.Sn/c4*1-3-4-2;;/h4*1,3-4H2,2H3;;/q;;;-1;+1;. The molecule has 0 aliphatic rings. The Morgan fingerprint density at radius 3 is 1.11 bits per heavy atom. The van der Waals surface area contributed by atoms with Gasteiger partial charge in [0, 0.05) is 0 Å². The van der Waals surface area contributed by atoms with Crippen molar-refractivity contribution in [2.24, 2.45) is 0 Å². The minimum Gasteiger partial charge on any atom is -0.343 e. The van der Waals surface area contributed by atoms with E-state index in [4.69, 9.17) is 0 Å². The van der Waals surface area contributed by atoms with Crippen molar-refractivity contribution in [2.75, 3.05) is 0 Å². The number of hydrogen-bond donors (Lipinski definition) is 0. The summed E-state index contributed by atoms with van der Waals surface area (Å²) in [6, 6.07) is 0. The van der Waals surface area contributed by atoms with Crippen LogP contribution in [0.3, 0.4) is 0 Å². The number of rotatable bonds is 10. The fourth-order valence-corrected chi connectivity index (χ4v) is 11.1. The van der Waals surface area contributed by atoms with Crippen LogP contribution >= 0.6 is 0 Å². The van der Waals surface area contributed by atoms with Gasteiger partial charge in [0.1, 0.15) is 0 Å². The Labute approximate surface area is 135 Å². The molecule has 0 aromatic carbocycles. The zero-order valence-corrected chi connectivity index (χ0v) is 17.1. The average molecular weight is 411 g/mol. The van der Waals surface area contributed by atoms with Crippen LogP contribution in [0.4, 0.5) is 0 Å². The SMILES string of the molecule is CCC[CH2][Sn]([CH2]CCC)[CH2]CCC.[CH2-]CCC.[Cu+]. The van der Waals surface area contributed by atoms with Gasteiger partial charge in [0.2, 0.25) is 0 Å². The summed E-state index contributed by atoms with van der Waals surface area (Å²) < 4.78 is 5.04. The van der Waals surface area contributed by atoms with Gasteiger partial charge in [-0.3, -0.25) is 0 Å². The molecule has 0 saturated carbocycles. The first kappa shape index (κ1) is 24.3. The maximum absolute atomic E-state index is 3.60. The average Bonchev–Trinajstić information content (AvgIpc) is 2.38. The first-order valence-electron chi connectivity index (χ1n) is 7.89. The maximum Gasteiger partial charge on any atom is 1.00 e. The number of hydrogen-bond acceptors (Lipinski definition) is 0. The van der Waals surface area contributed by atoms with Crippen molar-refractivity contribution in [1.82, 2.24) is 0 Å². The van der Waals surface area contributed by atoms with Crippen molar-refractivity contribution in [3.63, 3.8) is 0 Å². The third kappa shape index (κ3) is 22.5. The van der Waals surface area contributed by atoms with Crippen molar-refractivity contribution >= 4 is 19.8 Å². The maximum atomic E-state index is 3.60. The van der Waals surface area contributed by atoms with Gasteiger partial charge >= 0.3 is 109 Å². The summed E-state index contributed by atoms with van der Waals surface area (Å²) in [5, 5.41) is 0. The molecule has 0 aromatic heterocycles. The summed E-state index contributed by atoms with van der Waals surface area (Å²) in [5.74, 6) is 0. The summed E-state index contributed by atoms with van der Waals surface area (Å²) in [6.07, 6.45) is 11.1. The van der Waals surface area contributed by atoms with Crippen LogP contribution in [0.15, 0.2) is 0 Å². The predicted molar refractivity (Wildman–Crippen MR) is 85.2 cm³/mol. The summed E-state index contributed by atoms with van der Waals surface area (Å²) >= 11 is -0.839. The van der Waals surface area contributed by atoms with Gasteiger partial charge in [-0.15, -0.1) is 0 Å². The molecule has 0 atom stereocenters. The van der Waals surface area contributed by atoms with E-state index in [2.05, 4.69) is 34.6 Å². The van der Waals surface area contributed by atoms with Crippen LogP contribution in [0.2, 0.25) is 13.3 Å². The molecule has 18 heavy (non-hydrogen) atoms. The molecule has 0 unspecified atom stereocenters. The summed E-state index contributed by atoms with van der Waals surface area (Å²) in [4.78, 5) is 0. The second-order valence-electron chi connectivity index (χ2n) is 4.91. The second kappa shape index (κ2) is 23.4. The van der Waals surface area contributed by atoms with Crippen LogP contribution in [-0.4, -0.2) is 19.8 Å². The molecule has 0 heterocycles. The van der Waals surface area contributed by atoms with Gasteiger partial charge in [0.05, 0.1) is 0 Å². The Hall–Kier alpha value is 1.32. The molecule has 0 rings (SSSR count). The van der Waals surface area contributed by atoms with Gasteiger partial charge in [-0.25, -0.2) is 0 Å². The number of unbranched alkanes of at least 4 members (excludes halogenated alkanes) is 4. The summed E-state index contributed by atoms with van der Waals surface area (Å²) in [7, 11) is 0. The molecule has 0 bridgehead atoms. The van der Waals surface area contributed by atoms with Crippen molar-refractivity contribution in [2.45, 2.75) is 92.4 Å². The van der Waals surface area contributed by atoms with Crippen molar-refractivity contribution < 1.29 is 17.1 Å². The minimum atomic E-state index is -0.839. The quantitative estimate of drug-likeness (QED) is 0.285. The summed E-state index contributed by atoms with van der Waals surface area (Å²) in [5.41, 5.74) is 0. The van der Waals surface area contributed by atoms with Crippen LogP contribution in [0, 0.1) is 6.92 Å². The monoisotopic (exact) mass is 411 g/mol. The smallest absolute Gasteiger partial charge is 0.343 e. The van der Waals surface area contributed by atoms with E-state index in [1.54, 1.807) is 13.3 Å². The molecule has 0 spiro atoms. The van der Waals surface area contributed by atoms with E-state index in [0.29, 0.717) is 0 Å². The molecule has 0 fully saturated rings. The molecule has 0 aliphatic heterocycles. The van der Waals surface area contributed by atoms with Crippen LogP contribution in [0.1, 0.15) is 79.1 Å². The molecule has 0 aromatic rings. The van der Waals surface area contributed by atoms with Gasteiger partial charge in [0.15, 0.2) is 0 Å². The van der Waals surface area contributed by atoms with E-state index >= 15 is 0 Å². The first-order valence-corrected chi connectivity index (χ1v) is 13.9. The fraction of sp³-hybridized carbons (Fsp3) is 0.938. The third-order valence-electron chi connectivity index (χ3n) is 3.01. The van der Waals surface area contributed by atoms with Crippen LogP contribution < -0.4 is 0 Å². The van der Waals surface area contributed by atoms with E-state index in [0.717, 1.165) is 6.42 Å². The van der Waals surface area contributed by atoms with E-state index in [1.165, 1.54) is 44.9 Å². The Morgan fingerprint density at radius 1 is 0.667 bits per heavy atom. The van der Waals surface area contributed by atoms with E-state index < -0.39 is 19.8 Å². The Kier molecular flexibility index (Phi) is 31.7. The van der Waals surface area contributed by atoms with Crippen molar-refractivity contribution in [1.29, 1.82) is 0 Å². The largest absolute Gasteiger partial charge is 1.00 e. The van der Waals surface area contributed by atoms with Crippen LogP contribution in [0.5, 0.6) is 0 Å². The molecular weight excluding hydrogens is 374 g/mol. The zero-order valence-electron chi connectivity index (χ0n) is 13.3. The van der Waals surface area contributed by atoms with Crippen LogP contribution in [0.25, 0.3) is 0 Å². The fourth-order valence-electron chi connectivity index (χ4n) is 1.66. The minimum absolute atomic E-state index is 0. The van der Waals surface area contributed by atoms with Gasteiger partial charge < -0.3 is 6.92 Å². The molecule has 0 nitrogen and oxygen atoms in total. The summed E-state index contributed by atoms with van der Waals surface area (Å²) in [6.45, 7) is 12.7. The van der Waals surface area contributed by atoms with Gasteiger partial charge in [-0.05, 0) is 0 Å². The van der Waals surface area contributed by atoms with Gasteiger partial charge in [-0.1, -0.05) is 13.3 Å². The molecular formula is C16H36CuSn. The van der Waals surface area contributed by atoms with Crippen LogP contribution in [-0.2, 0) is 17.1 Å². The normalized spacial score (nSPS) is 9.67. The van der Waals surface area contributed by atoms with E-state index in [1.807, 2.05) is 0 Å². The van der Waals surface area contributed by atoms with Gasteiger partial charge in [0.25, 0.3) is 0 Å². The van der Waals surface area contributed by atoms with Crippen molar-refractivity contribution in [3.8, 4) is 0 Å². The molecule has 0 amide bonds. The van der Waals surface area contributed by atoms with E-state index in [9.17, 15) is 0 Å². The van der Waals surface area contributed by atoms with Crippen molar-refractivity contribution in [3.05, 3.63) is 6.92 Å². The van der Waals surface area contributed by atoms with E-state index in [-0.39, 0.29) is 17.1 Å². The Bertz CT molecular complexity index is 96.6. The predicted octanol–water partition coefficient (Wildman–Crippen LogP) is 6.50. The third-order valence-corrected chi connectivity index (χ3v) is 12.1. The molecule has 2 heteroatoms. The Morgan fingerprint density at radius 2 is 0.944 bits per heavy atom. The molecule has 1 radical (unpaired) electrons. The molecule has 0 saturated heterocycles. The first-order chi connectivity index (χ1) is 8.26. The molecule has 0 aliphatic carbocycles. The zero-order chi connectivity index (χ0) is 13.4.